The fourth-order valence-corrected chi connectivity index (χ4v) is 1.69. The van der Waals surface area contributed by atoms with E-state index in [-0.39, 0.29) is 0 Å². The third-order valence-electron chi connectivity index (χ3n) is 2.06. The predicted octanol–water partition coefficient (Wildman–Crippen LogP) is 3.34. The Labute approximate surface area is 87.5 Å². The standard InChI is InChI=1S/C11H10ClNO/c1-14-10-6-2-4-8(12)11(10)9-5-3-7-13-9/h2-7,13H,1H3. The first-order valence-electron chi connectivity index (χ1n) is 4.29. The molecule has 1 aromatic heterocycles. The average Bonchev–Trinajstić information content (AvgIpc) is 2.70. The summed E-state index contributed by atoms with van der Waals surface area (Å²) in [6.07, 6.45) is 1.86. The van der Waals surface area contributed by atoms with Crippen molar-refractivity contribution in [1.82, 2.24) is 4.98 Å². The van der Waals surface area contributed by atoms with E-state index in [9.17, 15) is 0 Å². The number of hydrogen-bond donors (Lipinski definition) is 1. The quantitative estimate of drug-likeness (QED) is 0.803. The van der Waals surface area contributed by atoms with Gasteiger partial charge in [-0.05, 0) is 24.3 Å². The molecule has 0 fully saturated rings. The Morgan fingerprint density at radius 1 is 1.21 bits per heavy atom. The van der Waals surface area contributed by atoms with Crippen molar-refractivity contribution >= 4 is 11.6 Å². The van der Waals surface area contributed by atoms with Crippen LogP contribution in [-0.4, -0.2) is 12.1 Å². The number of nitrogens with one attached hydrogen (secondary N) is 1. The molecule has 0 amide bonds. The summed E-state index contributed by atoms with van der Waals surface area (Å²) in [6, 6.07) is 9.50. The normalized spacial score (nSPS) is 10.1. The van der Waals surface area contributed by atoms with Crippen molar-refractivity contribution in [3.05, 3.63) is 41.6 Å². The summed E-state index contributed by atoms with van der Waals surface area (Å²) in [4.78, 5) is 3.10. The summed E-state index contributed by atoms with van der Waals surface area (Å²) in [5.41, 5.74) is 1.87. The lowest BCUT2D eigenvalue weighted by atomic mass is 10.1. The third kappa shape index (κ3) is 1.49. The molecule has 0 bridgehead atoms. The second-order valence-corrected chi connectivity index (χ2v) is 3.31. The van der Waals surface area contributed by atoms with Gasteiger partial charge in [0.1, 0.15) is 5.75 Å². The minimum Gasteiger partial charge on any atom is -0.496 e. The number of rotatable bonds is 2. The molecule has 0 saturated carbocycles. The highest BCUT2D eigenvalue weighted by molar-refractivity contribution is 6.33. The van der Waals surface area contributed by atoms with Crippen LogP contribution in [0.3, 0.4) is 0 Å². The van der Waals surface area contributed by atoms with Crippen molar-refractivity contribution in [2.45, 2.75) is 0 Å². The smallest absolute Gasteiger partial charge is 0.129 e. The molecule has 72 valence electrons. The highest BCUT2D eigenvalue weighted by Crippen LogP contribution is 2.34. The summed E-state index contributed by atoms with van der Waals surface area (Å²) in [5.74, 6) is 0.778. The molecule has 0 spiro atoms. The Kier molecular flexibility index (Phi) is 2.46. The maximum Gasteiger partial charge on any atom is 0.129 e. The van der Waals surface area contributed by atoms with Crippen LogP contribution in [0.1, 0.15) is 0 Å². The summed E-state index contributed by atoms with van der Waals surface area (Å²) < 4.78 is 5.25. The first kappa shape index (κ1) is 9.16. The van der Waals surface area contributed by atoms with Crippen LogP contribution in [0, 0.1) is 0 Å². The maximum absolute atomic E-state index is 6.10. The Hall–Kier alpha value is -1.41. The van der Waals surface area contributed by atoms with Crippen LogP contribution in [0.25, 0.3) is 11.3 Å². The zero-order valence-corrected chi connectivity index (χ0v) is 8.51. The third-order valence-corrected chi connectivity index (χ3v) is 2.38. The average molecular weight is 208 g/mol. The molecule has 2 aromatic rings. The number of benzene rings is 1. The largest absolute Gasteiger partial charge is 0.496 e. The van der Waals surface area contributed by atoms with Gasteiger partial charge in [-0.2, -0.15) is 0 Å². The lowest BCUT2D eigenvalue weighted by molar-refractivity contribution is 0.416. The molecule has 1 N–H and O–H groups in total. The van der Waals surface area contributed by atoms with Gasteiger partial charge in [-0.1, -0.05) is 17.7 Å². The van der Waals surface area contributed by atoms with Crippen molar-refractivity contribution in [3.8, 4) is 17.0 Å². The summed E-state index contributed by atoms with van der Waals surface area (Å²) in [7, 11) is 1.64. The van der Waals surface area contributed by atoms with Crippen LogP contribution in [-0.2, 0) is 0 Å². The van der Waals surface area contributed by atoms with E-state index in [1.807, 2.05) is 36.5 Å². The molecule has 1 heterocycles. The van der Waals surface area contributed by atoms with Crippen molar-refractivity contribution in [2.24, 2.45) is 0 Å². The molecule has 0 atom stereocenters. The van der Waals surface area contributed by atoms with Gasteiger partial charge in [0.2, 0.25) is 0 Å². The minimum absolute atomic E-state index is 0.687. The van der Waals surface area contributed by atoms with Gasteiger partial charge >= 0.3 is 0 Å². The number of aromatic amines is 1. The van der Waals surface area contributed by atoms with Gasteiger partial charge in [-0.15, -0.1) is 0 Å². The van der Waals surface area contributed by atoms with E-state index in [0.29, 0.717) is 5.02 Å². The SMILES string of the molecule is COc1cccc(Cl)c1-c1ccc[nH]1. The number of hydrogen-bond acceptors (Lipinski definition) is 1. The molecule has 2 nitrogen and oxygen atoms in total. The summed E-state index contributed by atoms with van der Waals surface area (Å²) in [5, 5.41) is 0.687. The van der Waals surface area contributed by atoms with Gasteiger partial charge < -0.3 is 9.72 Å². The lowest BCUT2D eigenvalue weighted by Gasteiger charge is -2.08. The molecule has 0 aliphatic carbocycles. The van der Waals surface area contributed by atoms with Crippen LogP contribution in [0.15, 0.2) is 36.5 Å². The lowest BCUT2D eigenvalue weighted by Crippen LogP contribution is -1.88. The topological polar surface area (TPSA) is 25.0 Å². The Bertz CT molecular complexity index is 423. The second-order valence-electron chi connectivity index (χ2n) is 2.90. The molecule has 3 heteroatoms. The van der Waals surface area contributed by atoms with Crippen LogP contribution in [0.4, 0.5) is 0 Å². The first-order valence-corrected chi connectivity index (χ1v) is 4.67. The highest BCUT2D eigenvalue weighted by atomic mass is 35.5. The zero-order valence-electron chi connectivity index (χ0n) is 7.75. The van der Waals surface area contributed by atoms with Crippen molar-refractivity contribution < 1.29 is 4.74 Å². The molecule has 2 rings (SSSR count). The second kappa shape index (κ2) is 3.76. The van der Waals surface area contributed by atoms with Gasteiger partial charge in [0.25, 0.3) is 0 Å². The van der Waals surface area contributed by atoms with Crippen molar-refractivity contribution in [3.63, 3.8) is 0 Å². The van der Waals surface area contributed by atoms with E-state index in [4.69, 9.17) is 16.3 Å². The number of H-pyrrole nitrogens is 1. The molecule has 14 heavy (non-hydrogen) atoms. The molecular weight excluding hydrogens is 198 g/mol. The molecule has 0 saturated heterocycles. The fraction of sp³-hybridized carbons (Fsp3) is 0.0909. The number of aromatic nitrogens is 1. The van der Waals surface area contributed by atoms with Crippen LogP contribution in [0.5, 0.6) is 5.75 Å². The maximum atomic E-state index is 6.10. The Morgan fingerprint density at radius 2 is 2.07 bits per heavy atom. The van der Waals surface area contributed by atoms with Crippen LogP contribution < -0.4 is 4.74 Å². The van der Waals surface area contributed by atoms with Gasteiger partial charge in [-0.3, -0.25) is 0 Å². The molecule has 0 aliphatic rings. The van der Waals surface area contributed by atoms with E-state index in [2.05, 4.69) is 4.98 Å². The van der Waals surface area contributed by atoms with Gasteiger partial charge in [0.15, 0.2) is 0 Å². The zero-order chi connectivity index (χ0) is 9.97. The van der Waals surface area contributed by atoms with Gasteiger partial charge in [-0.25, -0.2) is 0 Å². The van der Waals surface area contributed by atoms with Crippen molar-refractivity contribution in [2.75, 3.05) is 7.11 Å². The predicted molar refractivity (Wildman–Crippen MR) is 57.8 cm³/mol. The van der Waals surface area contributed by atoms with E-state index in [1.165, 1.54) is 0 Å². The van der Waals surface area contributed by atoms with Crippen molar-refractivity contribution in [1.29, 1.82) is 0 Å². The molecule has 0 radical (unpaired) electrons. The molecular formula is C11H10ClNO. The van der Waals surface area contributed by atoms with E-state index >= 15 is 0 Å². The van der Waals surface area contributed by atoms with Gasteiger partial charge in [0.05, 0.1) is 23.4 Å². The van der Waals surface area contributed by atoms with Gasteiger partial charge in [0, 0.05) is 6.20 Å². The van der Waals surface area contributed by atoms with Crippen LogP contribution in [0.2, 0.25) is 5.02 Å². The summed E-state index contributed by atoms with van der Waals surface area (Å²) >= 11 is 6.10. The molecule has 0 unspecified atom stereocenters. The monoisotopic (exact) mass is 207 g/mol. The molecule has 0 aliphatic heterocycles. The minimum atomic E-state index is 0.687. The number of halogens is 1. The highest BCUT2D eigenvalue weighted by Gasteiger charge is 2.09. The van der Waals surface area contributed by atoms with E-state index in [1.54, 1.807) is 7.11 Å². The first-order chi connectivity index (χ1) is 6.83. The molecule has 1 aromatic carbocycles. The van der Waals surface area contributed by atoms with E-state index in [0.717, 1.165) is 17.0 Å². The number of ether oxygens (including phenoxy) is 1. The Balaban J connectivity index is 2.61. The van der Waals surface area contributed by atoms with E-state index < -0.39 is 0 Å². The van der Waals surface area contributed by atoms with Crippen LogP contribution >= 0.6 is 11.6 Å². The summed E-state index contributed by atoms with van der Waals surface area (Å²) in [6.45, 7) is 0. The Morgan fingerprint density at radius 3 is 2.71 bits per heavy atom. The number of methoxy groups -OCH3 is 1. The fourth-order valence-electron chi connectivity index (χ4n) is 1.42.